The van der Waals surface area contributed by atoms with Crippen LogP contribution in [-0.2, 0) is 6.54 Å². The Bertz CT molecular complexity index is 1480. The van der Waals surface area contributed by atoms with Gasteiger partial charge in [0.2, 0.25) is 0 Å². The molecule has 2 aromatic carbocycles. The van der Waals surface area contributed by atoms with E-state index in [4.69, 9.17) is 5.73 Å². The molecule has 1 fully saturated rings. The third-order valence-corrected chi connectivity index (χ3v) is 6.58. The standard InChI is InChI=1S/C27H25F4N7O/c1-15-8-17(32)14-37(12-15)23-4-5-33-11-22(23)35-27(39)18-2-3-19(28)25(26(18)31)24-20(29)9-16(10-21(24)30)13-38-7-6-34-36-38/h2-7,9-11,15,17H,8,12-14,32H2,1H3,(H,35,39)/t15-,17+/m1/s1. The molecular formula is C27H25F4N7O. The number of nitrogens with one attached hydrogen (secondary N) is 1. The number of hydrogen-bond donors (Lipinski definition) is 2. The van der Waals surface area contributed by atoms with Crippen LogP contribution in [0.5, 0.6) is 0 Å². The second-order valence-electron chi connectivity index (χ2n) is 9.67. The minimum Gasteiger partial charge on any atom is -0.368 e. The average Bonchev–Trinajstić information content (AvgIpc) is 3.38. The molecule has 4 aromatic rings. The Balaban J connectivity index is 1.46. The van der Waals surface area contributed by atoms with Gasteiger partial charge in [-0.1, -0.05) is 12.1 Å². The van der Waals surface area contributed by atoms with Gasteiger partial charge in [-0.2, -0.15) is 0 Å². The molecular weight excluding hydrogens is 514 g/mol. The number of hydrogen-bond acceptors (Lipinski definition) is 6. The smallest absolute Gasteiger partial charge is 0.258 e. The van der Waals surface area contributed by atoms with Gasteiger partial charge in [-0.3, -0.25) is 9.78 Å². The number of benzene rings is 2. The van der Waals surface area contributed by atoms with Gasteiger partial charge in [0.1, 0.15) is 23.3 Å². The number of aromatic nitrogens is 4. The van der Waals surface area contributed by atoms with E-state index in [-0.39, 0.29) is 18.2 Å². The summed E-state index contributed by atoms with van der Waals surface area (Å²) in [7, 11) is 0. The van der Waals surface area contributed by atoms with Crippen LogP contribution in [0.3, 0.4) is 0 Å². The Morgan fingerprint density at radius 1 is 1.05 bits per heavy atom. The van der Waals surface area contributed by atoms with Crippen LogP contribution in [0, 0.1) is 29.2 Å². The fraction of sp³-hybridized carbons (Fsp3) is 0.259. The van der Waals surface area contributed by atoms with E-state index < -0.39 is 45.9 Å². The van der Waals surface area contributed by atoms with E-state index in [0.29, 0.717) is 30.4 Å². The van der Waals surface area contributed by atoms with Crippen molar-refractivity contribution >= 4 is 17.3 Å². The van der Waals surface area contributed by atoms with Crippen molar-refractivity contribution in [1.29, 1.82) is 0 Å². The van der Waals surface area contributed by atoms with Crippen molar-refractivity contribution in [1.82, 2.24) is 20.0 Å². The SMILES string of the molecule is C[C@@H]1C[C@H](N)CN(c2ccncc2NC(=O)c2ccc(F)c(-c3c(F)cc(Cn4ccnn4)cc3F)c2F)C1. The zero-order valence-electron chi connectivity index (χ0n) is 20.9. The van der Waals surface area contributed by atoms with Crippen molar-refractivity contribution in [2.45, 2.75) is 25.9 Å². The molecule has 0 aliphatic carbocycles. The van der Waals surface area contributed by atoms with Crippen molar-refractivity contribution < 1.29 is 22.4 Å². The summed E-state index contributed by atoms with van der Waals surface area (Å²) in [6.07, 6.45) is 6.73. The summed E-state index contributed by atoms with van der Waals surface area (Å²) in [5.41, 5.74) is 4.80. The number of pyridine rings is 1. The molecule has 2 aromatic heterocycles. The summed E-state index contributed by atoms with van der Waals surface area (Å²) in [5.74, 6) is -5.61. The number of amides is 1. The molecule has 1 amide bonds. The third-order valence-electron chi connectivity index (χ3n) is 6.58. The predicted molar refractivity (Wildman–Crippen MR) is 137 cm³/mol. The van der Waals surface area contributed by atoms with E-state index in [2.05, 4.69) is 27.5 Å². The lowest BCUT2D eigenvalue weighted by atomic mass is 9.96. The number of carbonyl (C=O) groups excluding carboxylic acids is 1. The molecule has 1 saturated heterocycles. The highest BCUT2D eigenvalue weighted by Crippen LogP contribution is 2.34. The van der Waals surface area contributed by atoms with Crippen LogP contribution < -0.4 is 16.0 Å². The lowest BCUT2D eigenvalue weighted by Crippen LogP contribution is -2.46. The normalized spacial score (nSPS) is 17.3. The number of nitrogens with two attached hydrogens (primary N) is 1. The maximum atomic E-state index is 15.6. The van der Waals surface area contributed by atoms with E-state index in [1.807, 2.05) is 4.90 Å². The molecule has 3 heterocycles. The van der Waals surface area contributed by atoms with E-state index in [1.54, 1.807) is 12.3 Å². The van der Waals surface area contributed by atoms with Gasteiger partial charge < -0.3 is 16.0 Å². The van der Waals surface area contributed by atoms with Crippen LogP contribution >= 0.6 is 0 Å². The monoisotopic (exact) mass is 539 g/mol. The minimum atomic E-state index is -1.40. The first-order chi connectivity index (χ1) is 18.7. The third kappa shape index (κ3) is 5.46. The second-order valence-corrected chi connectivity index (χ2v) is 9.67. The number of carbonyl (C=O) groups is 1. The van der Waals surface area contributed by atoms with Gasteiger partial charge in [-0.05, 0) is 48.2 Å². The Labute approximate surface area is 221 Å². The molecule has 1 aliphatic rings. The highest BCUT2D eigenvalue weighted by molar-refractivity contribution is 6.06. The molecule has 0 unspecified atom stereocenters. The summed E-state index contributed by atoms with van der Waals surface area (Å²) in [6, 6.07) is 5.28. The predicted octanol–water partition coefficient (Wildman–Crippen LogP) is 4.37. The van der Waals surface area contributed by atoms with E-state index >= 15 is 13.2 Å². The molecule has 202 valence electrons. The summed E-state index contributed by atoms with van der Waals surface area (Å²) in [6.45, 7) is 3.31. The van der Waals surface area contributed by atoms with Gasteiger partial charge in [-0.25, -0.2) is 22.2 Å². The van der Waals surface area contributed by atoms with Crippen LogP contribution in [0.1, 0.15) is 29.3 Å². The fourth-order valence-electron chi connectivity index (χ4n) is 4.96. The molecule has 0 radical (unpaired) electrons. The summed E-state index contributed by atoms with van der Waals surface area (Å²) in [5, 5.41) is 9.96. The van der Waals surface area contributed by atoms with Gasteiger partial charge in [0, 0.05) is 31.5 Å². The number of anilines is 2. The molecule has 39 heavy (non-hydrogen) atoms. The van der Waals surface area contributed by atoms with Crippen molar-refractivity contribution in [2.75, 3.05) is 23.3 Å². The first-order valence-electron chi connectivity index (χ1n) is 12.3. The summed E-state index contributed by atoms with van der Waals surface area (Å²) >= 11 is 0. The maximum absolute atomic E-state index is 15.6. The van der Waals surface area contributed by atoms with E-state index in [9.17, 15) is 9.18 Å². The van der Waals surface area contributed by atoms with E-state index in [0.717, 1.165) is 30.7 Å². The number of nitrogens with zero attached hydrogens (tertiary/aromatic N) is 5. The summed E-state index contributed by atoms with van der Waals surface area (Å²) in [4.78, 5) is 19.2. The Morgan fingerprint density at radius 3 is 2.51 bits per heavy atom. The number of rotatable bonds is 6. The molecule has 1 aliphatic heterocycles. The molecule has 0 saturated carbocycles. The Hall–Kier alpha value is -4.32. The van der Waals surface area contributed by atoms with Crippen LogP contribution in [0.2, 0.25) is 0 Å². The van der Waals surface area contributed by atoms with Gasteiger partial charge in [0.15, 0.2) is 0 Å². The molecule has 3 N–H and O–H groups in total. The van der Waals surface area contributed by atoms with Crippen molar-refractivity contribution in [3.8, 4) is 11.1 Å². The Morgan fingerprint density at radius 2 is 1.82 bits per heavy atom. The van der Waals surface area contributed by atoms with Crippen LogP contribution in [0.25, 0.3) is 11.1 Å². The molecule has 5 rings (SSSR count). The fourth-order valence-corrected chi connectivity index (χ4v) is 4.96. The first-order valence-corrected chi connectivity index (χ1v) is 12.3. The molecule has 0 spiro atoms. The van der Waals surface area contributed by atoms with E-state index in [1.165, 1.54) is 23.3 Å². The molecule has 0 bridgehead atoms. The van der Waals surface area contributed by atoms with Crippen molar-refractivity contribution in [3.63, 3.8) is 0 Å². The highest BCUT2D eigenvalue weighted by atomic mass is 19.1. The zero-order valence-corrected chi connectivity index (χ0v) is 20.9. The molecule has 8 nitrogen and oxygen atoms in total. The maximum Gasteiger partial charge on any atom is 0.258 e. The van der Waals surface area contributed by atoms with Gasteiger partial charge >= 0.3 is 0 Å². The lowest BCUT2D eigenvalue weighted by molar-refractivity contribution is 0.102. The first kappa shape index (κ1) is 26.3. The second kappa shape index (κ2) is 10.8. The number of piperidine rings is 1. The topological polar surface area (TPSA) is 102 Å². The van der Waals surface area contributed by atoms with Gasteiger partial charge in [0.25, 0.3) is 5.91 Å². The van der Waals surface area contributed by atoms with Gasteiger partial charge in [-0.15, -0.1) is 5.10 Å². The molecule has 12 heteroatoms. The van der Waals surface area contributed by atoms with Crippen LogP contribution in [-0.4, -0.2) is 45.0 Å². The number of halogens is 4. The van der Waals surface area contributed by atoms with Crippen LogP contribution in [0.15, 0.2) is 55.1 Å². The largest absolute Gasteiger partial charge is 0.368 e. The molecule has 2 atom stereocenters. The van der Waals surface area contributed by atoms with Crippen LogP contribution in [0.4, 0.5) is 28.9 Å². The van der Waals surface area contributed by atoms with Gasteiger partial charge in [0.05, 0.1) is 47.0 Å². The quantitative estimate of drug-likeness (QED) is 0.353. The summed E-state index contributed by atoms with van der Waals surface area (Å²) < 4.78 is 61.8. The minimum absolute atomic E-state index is 0.00429. The lowest BCUT2D eigenvalue weighted by Gasteiger charge is -2.37. The Kier molecular flexibility index (Phi) is 7.29. The zero-order chi connectivity index (χ0) is 27.7. The van der Waals surface area contributed by atoms with Crippen molar-refractivity contribution in [3.05, 3.63) is 89.5 Å². The van der Waals surface area contributed by atoms with Crippen molar-refractivity contribution in [2.24, 2.45) is 11.7 Å². The highest BCUT2D eigenvalue weighted by Gasteiger charge is 2.27. The average molecular weight is 540 g/mol.